The number of benzene rings is 2. The smallest absolute Gasteiger partial charge is 0.348 e. The van der Waals surface area contributed by atoms with E-state index in [1.807, 2.05) is 50.2 Å². The summed E-state index contributed by atoms with van der Waals surface area (Å²) in [6, 6.07) is 13.2. The van der Waals surface area contributed by atoms with Crippen LogP contribution in [-0.4, -0.2) is 24.6 Å². The molecule has 5 heteroatoms. The van der Waals surface area contributed by atoms with Gasteiger partial charge in [-0.3, -0.25) is 4.79 Å². The van der Waals surface area contributed by atoms with Gasteiger partial charge in [-0.15, -0.1) is 11.6 Å². The zero-order valence-corrected chi connectivity index (χ0v) is 13.7. The Morgan fingerprint density at radius 3 is 2.65 bits per heavy atom. The number of ether oxygens (including phenoxy) is 2. The minimum atomic E-state index is -0.981. The van der Waals surface area contributed by atoms with E-state index in [-0.39, 0.29) is 6.61 Å². The Kier molecular flexibility index (Phi) is 4.02. The lowest BCUT2D eigenvalue weighted by molar-refractivity contribution is -0.162. The second-order valence-corrected chi connectivity index (χ2v) is 6.78. The fourth-order valence-corrected chi connectivity index (χ4v) is 2.95. The molecule has 23 heavy (non-hydrogen) atoms. The van der Waals surface area contributed by atoms with Crippen LogP contribution >= 0.6 is 11.6 Å². The van der Waals surface area contributed by atoms with Gasteiger partial charge < -0.3 is 9.47 Å². The van der Waals surface area contributed by atoms with E-state index in [4.69, 9.17) is 21.1 Å². The van der Waals surface area contributed by atoms with Crippen LogP contribution in [0.15, 0.2) is 42.5 Å². The number of esters is 2. The molecule has 1 heterocycles. The number of rotatable bonds is 3. The molecule has 2 atom stereocenters. The molecule has 2 aromatic carbocycles. The van der Waals surface area contributed by atoms with Gasteiger partial charge in [-0.2, -0.15) is 0 Å². The summed E-state index contributed by atoms with van der Waals surface area (Å²) in [6.45, 7) is 3.86. The predicted octanol–water partition coefficient (Wildman–Crippen LogP) is 3.61. The van der Waals surface area contributed by atoms with Crippen LogP contribution in [0, 0.1) is 5.41 Å². The average molecular weight is 333 g/mol. The molecular weight excluding hydrogens is 316 g/mol. The first-order valence-electron chi connectivity index (χ1n) is 7.39. The van der Waals surface area contributed by atoms with Crippen LogP contribution < -0.4 is 0 Å². The molecule has 3 rings (SSSR count). The molecule has 0 radical (unpaired) electrons. The van der Waals surface area contributed by atoms with E-state index in [0.717, 1.165) is 10.8 Å². The third-order valence-corrected chi connectivity index (χ3v) is 4.46. The molecule has 0 bridgehead atoms. The van der Waals surface area contributed by atoms with Crippen molar-refractivity contribution in [3.63, 3.8) is 0 Å². The van der Waals surface area contributed by atoms with Crippen molar-refractivity contribution in [2.24, 2.45) is 5.41 Å². The van der Waals surface area contributed by atoms with Gasteiger partial charge in [0.25, 0.3) is 0 Å². The van der Waals surface area contributed by atoms with Gasteiger partial charge in [-0.1, -0.05) is 56.3 Å². The van der Waals surface area contributed by atoms with Gasteiger partial charge >= 0.3 is 11.9 Å². The molecule has 120 valence electrons. The summed E-state index contributed by atoms with van der Waals surface area (Å²) in [6.07, 6.45) is -0.925. The molecule has 1 saturated heterocycles. The summed E-state index contributed by atoms with van der Waals surface area (Å²) in [5.41, 5.74) is 0.112. The molecular formula is C18H17ClO4. The topological polar surface area (TPSA) is 52.6 Å². The first-order valence-corrected chi connectivity index (χ1v) is 7.83. The molecule has 0 aromatic heterocycles. The van der Waals surface area contributed by atoms with E-state index in [1.165, 1.54) is 0 Å². The first kappa shape index (κ1) is 15.8. The van der Waals surface area contributed by atoms with Crippen molar-refractivity contribution in [1.82, 2.24) is 0 Å². The lowest BCUT2D eigenvalue weighted by Crippen LogP contribution is -2.35. The predicted molar refractivity (Wildman–Crippen MR) is 87.2 cm³/mol. The fraction of sp³-hybridized carbons (Fsp3) is 0.333. The van der Waals surface area contributed by atoms with Crippen LogP contribution in [0.5, 0.6) is 0 Å². The minimum absolute atomic E-state index is 0.227. The average Bonchev–Trinajstić information content (AvgIpc) is 2.80. The number of cyclic esters (lactones) is 1. The summed E-state index contributed by atoms with van der Waals surface area (Å²) in [4.78, 5) is 24.2. The number of hydrogen-bond acceptors (Lipinski definition) is 4. The van der Waals surface area contributed by atoms with Gasteiger partial charge in [-0.05, 0) is 16.3 Å². The van der Waals surface area contributed by atoms with E-state index < -0.39 is 28.8 Å². The van der Waals surface area contributed by atoms with Crippen molar-refractivity contribution >= 4 is 34.3 Å². The molecule has 0 aliphatic carbocycles. The van der Waals surface area contributed by atoms with Crippen LogP contribution in [0.25, 0.3) is 10.8 Å². The van der Waals surface area contributed by atoms with Gasteiger partial charge in [0, 0.05) is 5.41 Å². The highest BCUT2D eigenvalue weighted by atomic mass is 35.5. The standard InChI is InChI=1S/C18H17ClO4/c1-18(2)10-22-17(21)15(18)23-16(20)14(19)13-9-5-7-11-6-3-4-8-12(11)13/h3-9,14-15H,10H2,1-2H3/t14-,15-/m0/s1. The van der Waals surface area contributed by atoms with Crippen molar-refractivity contribution in [2.45, 2.75) is 25.3 Å². The fourth-order valence-electron chi connectivity index (χ4n) is 2.71. The monoisotopic (exact) mass is 332 g/mol. The van der Waals surface area contributed by atoms with Gasteiger partial charge in [0.1, 0.15) is 6.61 Å². The Hall–Kier alpha value is -2.07. The molecule has 0 amide bonds. The van der Waals surface area contributed by atoms with Crippen molar-refractivity contribution in [1.29, 1.82) is 0 Å². The maximum absolute atomic E-state index is 12.4. The molecule has 0 unspecified atom stereocenters. The highest BCUT2D eigenvalue weighted by Crippen LogP contribution is 2.34. The first-order chi connectivity index (χ1) is 10.9. The van der Waals surface area contributed by atoms with E-state index in [9.17, 15) is 9.59 Å². The lowest BCUT2D eigenvalue weighted by atomic mass is 9.90. The van der Waals surface area contributed by atoms with Crippen molar-refractivity contribution in [2.75, 3.05) is 6.61 Å². The normalized spacial score (nSPS) is 21.0. The number of alkyl halides is 1. The number of carbonyl (C=O) groups is 2. The van der Waals surface area contributed by atoms with Crippen LogP contribution in [0.3, 0.4) is 0 Å². The zero-order chi connectivity index (χ0) is 16.6. The second kappa shape index (κ2) is 5.85. The maximum atomic E-state index is 12.4. The lowest BCUT2D eigenvalue weighted by Gasteiger charge is -2.23. The van der Waals surface area contributed by atoms with Gasteiger partial charge in [0.15, 0.2) is 5.38 Å². The van der Waals surface area contributed by atoms with Crippen molar-refractivity contribution in [3.8, 4) is 0 Å². The minimum Gasteiger partial charge on any atom is -0.462 e. The van der Waals surface area contributed by atoms with Crippen LogP contribution in [0.4, 0.5) is 0 Å². The molecule has 0 saturated carbocycles. The summed E-state index contributed by atoms with van der Waals surface area (Å²) in [7, 11) is 0. The maximum Gasteiger partial charge on any atom is 0.348 e. The number of hydrogen-bond donors (Lipinski definition) is 0. The Labute approximate surface area is 139 Å². The van der Waals surface area contributed by atoms with Crippen molar-refractivity contribution < 1.29 is 19.1 Å². The molecule has 0 spiro atoms. The summed E-state index contributed by atoms with van der Waals surface area (Å²) in [5, 5.41) is 0.898. The van der Waals surface area contributed by atoms with E-state index >= 15 is 0 Å². The van der Waals surface area contributed by atoms with Crippen LogP contribution in [-0.2, 0) is 19.1 Å². The molecule has 4 nitrogen and oxygen atoms in total. The quantitative estimate of drug-likeness (QED) is 0.636. The Morgan fingerprint density at radius 1 is 1.26 bits per heavy atom. The molecule has 2 aromatic rings. The van der Waals surface area contributed by atoms with Crippen molar-refractivity contribution in [3.05, 3.63) is 48.0 Å². The molecule has 1 aliphatic heterocycles. The van der Waals surface area contributed by atoms with Gasteiger partial charge in [-0.25, -0.2) is 4.79 Å². The summed E-state index contributed by atoms with van der Waals surface area (Å²) >= 11 is 6.33. The Balaban J connectivity index is 1.86. The van der Waals surface area contributed by atoms with Gasteiger partial charge in [0.2, 0.25) is 6.10 Å². The summed E-state index contributed by atoms with van der Waals surface area (Å²) in [5.74, 6) is -1.16. The van der Waals surface area contributed by atoms with E-state index in [2.05, 4.69) is 0 Å². The third-order valence-electron chi connectivity index (χ3n) is 4.05. The Bertz CT molecular complexity index is 763. The molecule has 0 N–H and O–H groups in total. The second-order valence-electron chi connectivity index (χ2n) is 6.34. The number of halogens is 1. The van der Waals surface area contributed by atoms with E-state index in [0.29, 0.717) is 5.56 Å². The SMILES string of the molecule is CC1(C)COC(=O)[C@@H]1OC(=O)[C@@H](Cl)c1cccc2ccccc12. The third kappa shape index (κ3) is 2.91. The molecule has 1 fully saturated rings. The van der Waals surface area contributed by atoms with E-state index in [1.54, 1.807) is 6.07 Å². The zero-order valence-electron chi connectivity index (χ0n) is 12.9. The summed E-state index contributed by atoms with van der Waals surface area (Å²) < 4.78 is 10.3. The van der Waals surface area contributed by atoms with Crippen LogP contribution in [0.2, 0.25) is 0 Å². The molecule has 1 aliphatic rings. The van der Waals surface area contributed by atoms with Crippen LogP contribution in [0.1, 0.15) is 24.8 Å². The Morgan fingerprint density at radius 2 is 1.96 bits per heavy atom. The number of fused-ring (bicyclic) bond motifs is 1. The highest BCUT2D eigenvalue weighted by molar-refractivity contribution is 6.31. The number of carbonyl (C=O) groups excluding carboxylic acids is 2. The largest absolute Gasteiger partial charge is 0.462 e. The highest BCUT2D eigenvalue weighted by Gasteiger charge is 2.47. The van der Waals surface area contributed by atoms with Gasteiger partial charge in [0.05, 0.1) is 0 Å².